The Bertz CT molecular complexity index is 7210. The van der Waals surface area contributed by atoms with Crippen LogP contribution < -0.4 is 82.2 Å². The van der Waals surface area contributed by atoms with Gasteiger partial charge < -0.3 is 55.3 Å². The number of ether oxygens (including phenoxy) is 6. The minimum absolute atomic E-state index is 0. The van der Waals surface area contributed by atoms with Gasteiger partial charge >= 0.3 is 65.3 Å². The van der Waals surface area contributed by atoms with Crippen molar-refractivity contribution >= 4 is 173 Å². The normalized spacial score (nSPS) is 14.0. The molecule has 31 nitrogen and oxygen atoms in total. The first-order valence-corrected chi connectivity index (χ1v) is 56.8. The van der Waals surface area contributed by atoms with E-state index in [1.165, 1.54) is 68.8 Å². The zero-order chi connectivity index (χ0) is 107. The zero-order valence-electron chi connectivity index (χ0n) is 87.7. The van der Waals surface area contributed by atoms with Gasteiger partial charge in [-0.15, -0.1) is 0 Å². The number of carbonyl (C=O) groups excluding carboxylic acids is 6. The van der Waals surface area contributed by atoms with Crippen LogP contribution in [0.4, 0.5) is 31.2 Å². The molecule has 4 aliphatic rings. The summed E-state index contributed by atoms with van der Waals surface area (Å²) in [5, 5.41) is 14.4. The number of aromatic nitrogens is 6. The number of sulfonamides is 2. The molecule has 781 valence electrons. The van der Waals surface area contributed by atoms with Crippen LogP contribution >= 0.6 is 37.1 Å². The van der Waals surface area contributed by atoms with Crippen molar-refractivity contribution in [3.8, 4) is 5.75 Å². The minimum atomic E-state index is -4.00. The molecule has 0 amide bonds. The quantitative estimate of drug-likeness (QED) is 0.0133. The summed E-state index contributed by atoms with van der Waals surface area (Å²) in [6.07, 6.45) is 11.2. The molecule has 0 saturated carbocycles. The van der Waals surface area contributed by atoms with E-state index in [2.05, 4.69) is 124 Å². The molecule has 4 aromatic heterocycles. The fourth-order valence-electron chi connectivity index (χ4n) is 16.4. The van der Waals surface area contributed by atoms with Crippen molar-refractivity contribution in [1.29, 1.82) is 0 Å². The molecule has 18 rings (SSSR count). The number of benzene rings is 10. The number of H-pyrrole nitrogens is 1. The van der Waals surface area contributed by atoms with Gasteiger partial charge in [-0.2, -0.15) is 8.75 Å². The molecule has 7 N–H and O–H groups in total. The first-order chi connectivity index (χ1) is 69.6. The van der Waals surface area contributed by atoms with Gasteiger partial charge in [0.05, 0.1) is 59.5 Å². The number of aliphatic hydroxyl groups excluding tert-OH is 1. The van der Waals surface area contributed by atoms with Crippen LogP contribution in [0.2, 0.25) is 0 Å². The molecule has 10 aromatic carbocycles. The van der Waals surface area contributed by atoms with Gasteiger partial charge in [0.1, 0.15) is 56.7 Å². The number of Topliss-reactive ketones (excluding diaryl/α,β-unsaturated/α-hetero) is 2. The van der Waals surface area contributed by atoms with E-state index in [4.69, 9.17) is 55.8 Å². The summed E-state index contributed by atoms with van der Waals surface area (Å²) >= 11 is 7.56. The predicted molar refractivity (Wildman–Crippen MR) is 587 cm³/mol. The van der Waals surface area contributed by atoms with Gasteiger partial charge in [-0.3, -0.25) is 33.5 Å². The van der Waals surface area contributed by atoms with E-state index in [9.17, 15) is 60.3 Å². The fraction of sp³-hybridized carbons (Fsp3) is 0.339. The fourth-order valence-corrected chi connectivity index (χ4v) is 27.8. The van der Waals surface area contributed by atoms with Gasteiger partial charge in [0.15, 0.2) is 36.7 Å². The first-order valence-electron chi connectivity index (χ1n) is 47.9. The van der Waals surface area contributed by atoms with E-state index in [1.807, 2.05) is 141 Å². The van der Waals surface area contributed by atoms with Crippen LogP contribution in [0, 0.1) is 6.92 Å². The number of nitrogens with two attached hydrogens (primary N) is 2. The van der Waals surface area contributed by atoms with Gasteiger partial charge in [-0.25, -0.2) is 50.3 Å². The Morgan fingerprint density at radius 2 is 1.04 bits per heavy atom. The molecule has 4 heterocycles. The van der Waals surface area contributed by atoms with Crippen LogP contribution in [0.3, 0.4) is 0 Å². The third-order valence-corrected chi connectivity index (χ3v) is 35.7. The molecular formula is C109H126BN10NaO21P2S5+. The number of hydrogen-bond donors (Lipinski definition) is 5. The molecular weight excluding hydrogens is 2040 g/mol. The molecule has 14 aromatic rings. The molecule has 3 radical (unpaired) electrons. The van der Waals surface area contributed by atoms with Crippen LogP contribution in [0.5, 0.6) is 5.75 Å². The van der Waals surface area contributed by atoms with Crippen molar-refractivity contribution in [2.24, 2.45) is 0 Å². The van der Waals surface area contributed by atoms with Gasteiger partial charge in [0.2, 0.25) is 10.3 Å². The van der Waals surface area contributed by atoms with E-state index in [1.54, 1.807) is 71.4 Å². The Kier molecular flexibility index (Phi) is 43.6. The number of nitrogens with zero attached hydrogens (tertiary/aromatic N) is 6. The maximum absolute atomic E-state index is 13.4. The number of aliphatic hydroxyl groups is 1. The second-order valence-corrected chi connectivity index (χ2v) is 50.3. The summed E-state index contributed by atoms with van der Waals surface area (Å²) in [6, 6.07) is 69.0. The predicted octanol–water partition coefficient (Wildman–Crippen LogP) is 18.2. The number of rotatable bonds is 18. The number of hydrogen-bond acceptors (Lipinski definition) is 30. The van der Waals surface area contributed by atoms with Crippen LogP contribution in [-0.2, 0) is 110 Å². The first kappa shape index (κ1) is 120. The second kappa shape index (κ2) is 54.0. The molecule has 0 aliphatic heterocycles. The number of nitrogens with one attached hydrogen (secondary N) is 2. The largest absolute Gasteiger partial charge is 1.00 e. The number of carbonyl (C=O) groups is 6. The van der Waals surface area contributed by atoms with Crippen LogP contribution in [0.1, 0.15) is 238 Å². The maximum atomic E-state index is 13.4. The number of esters is 2. The molecule has 2 atom stereocenters. The number of ketones is 2. The van der Waals surface area contributed by atoms with Gasteiger partial charge in [0, 0.05) is 79.0 Å². The summed E-state index contributed by atoms with van der Waals surface area (Å²) in [5.41, 5.74) is 23.5. The number of aryl methyl sites for hydroxylation is 5. The monoisotopic (exact) mass is 2170 g/mol. The number of nitrogen functional groups attached to an aromatic ring is 2. The van der Waals surface area contributed by atoms with Crippen LogP contribution in [0.15, 0.2) is 259 Å². The van der Waals surface area contributed by atoms with Crippen molar-refractivity contribution in [2.45, 2.75) is 245 Å². The van der Waals surface area contributed by atoms with Gasteiger partial charge in [-0.1, -0.05) is 117 Å². The third kappa shape index (κ3) is 34.1. The van der Waals surface area contributed by atoms with E-state index >= 15 is 0 Å². The third-order valence-electron chi connectivity index (χ3n) is 22.7. The molecule has 0 bridgehead atoms. The van der Waals surface area contributed by atoms with E-state index in [0.717, 1.165) is 156 Å². The summed E-state index contributed by atoms with van der Waals surface area (Å²) < 4.78 is 105. The molecule has 40 heteroatoms. The molecule has 4 aliphatic carbocycles. The Morgan fingerprint density at radius 3 is 1.56 bits per heavy atom. The summed E-state index contributed by atoms with van der Waals surface area (Å²) in [5.74, 6) is -0.546. The molecule has 0 fully saturated rings. The number of aromatic amines is 1. The smallest absolute Gasteiger partial charge is 1.00 e. The topological polar surface area (TPSA) is 446 Å². The Morgan fingerprint density at radius 1 is 0.557 bits per heavy atom. The van der Waals surface area contributed by atoms with Crippen molar-refractivity contribution in [3.63, 3.8) is 0 Å². The summed E-state index contributed by atoms with van der Waals surface area (Å²) in [6.45, 7) is 25.3. The molecule has 0 saturated heterocycles. The maximum Gasteiger partial charge on any atom is 1.00 e. The molecule has 2 unspecified atom stereocenters. The number of anilines is 4. The van der Waals surface area contributed by atoms with E-state index in [0.29, 0.717) is 41.0 Å². The van der Waals surface area contributed by atoms with Crippen LogP contribution in [0.25, 0.3) is 22.2 Å². The van der Waals surface area contributed by atoms with Crippen molar-refractivity contribution in [2.75, 3.05) is 27.6 Å². The minimum Gasteiger partial charge on any atom is -1.00 e. The van der Waals surface area contributed by atoms with Crippen molar-refractivity contribution in [1.82, 2.24) is 28.3 Å². The summed E-state index contributed by atoms with van der Waals surface area (Å²) in [4.78, 5) is 103. The number of fused-ring (bicyclic) bond motifs is 6. The average molecular weight is 2170 g/mol. The Labute approximate surface area is 909 Å². The van der Waals surface area contributed by atoms with Crippen LogP contribution in [-0.4, -0.2) is 124 Å². The van der Waals surface area contributed by atoms with E-state index < -0.39 is 73.2 Å². The van der Waals surface area contributed by atoms with Gasteiger partial charge in [-0.05, 0) is 325 Å². The Balaban J connectivity index is 0.000000216. The Hall–Kier alpha value is -12.2. The number of oxazole rings is 2. The molecule has 0 spiro atoms. The summed E-state index contributed by atoms with van der Waals surface area (Å²) in [7, 11) is -5.31. The second-order valence-electron chi connectivity index (χ2n) is 38.5. The van der Waals surface area contributed by atoms with E-state index in [-0.39, 0.29) is 126 Å². The zero-order valence-corrected chi connectivity index (χ0v) is 94.5. The SMILES string of the molecule is CC.CC(C)(C)OC(=O)Cc1ccc2c(c1)C(=O)CCC2.CC(C)(C)OC(=O)Cc1ccc2c(c1)C(O)CCC2.CC(C)(C)OC(=O)OC(=O)OC(C)(C)C.COc1ccc(CN(c2ncns2)S(=O)(=O)c2ccc3[nH]c(=O)oc3c2)c(C)c1.Nc1ccc2c(c1)C(=O)CCC2.Nc1ccc2c(c1)C(n1c(=O)oc3cc(S(=O)(=O)Nc4ncns4)ccc31)CCC2.S=P[P+](c1ccccc1)(c1ccccc1)c1ccccc1.[B].[H-].[Na+]. The van der Waals surface area contributed by atoms with Gasteiger partial charge in [0.25, 0.3) is 20.0 Å². The molecule has 149 heavy (non-hydrogen) atoms. The average Bonchev–Trinajstić information content (AvgIpc) is 1.45. The van der Waals surface area contributed by atoms with Crippen molar-refractivity contribution < 1.29 is 119 Å². The van der Waals surface area contributed by atoms with Crippen molar-refractivity contribution in [3.05, 3.63) is 319 Å². The standard InChI is InChI=1S/C19H17N5O4S2.C18H16N4O5S2.C18H15P2S.C16H22O3.C16H20O3.C10H11NO.C10H18O5.C2H6.B.Na.H/c20-12-5-4-11-2-1-3-15(14(11)8-12)24-16-7-6-13(9-17(16)28-19(24)25)30(26,27)23-18-21-10-22-29-18;1-11-7-13(26-2)4-3-12(11)9-22(17-19-10-20-28-17)29(24,25)14-5-6-15-16(8-14)27-18(23)21-15;21-19-20(16-10-4-1-5-11-16,17-12-6-2-7-13-17)18-14-8-3-9-15-18;2*1-16(2,3)19-15(18)10-11-7-8-12-5-4-6-14(17)13(12)9-11;11-8-5-4-7-2-1-3-10(12)9(7)6-8;1-9(2,3)14-7(11)13-8(12)15-10(4,5)6;1-2;;;/h4-10,15H,1-3,20H2,(H,21,22,23);3-8,10H,9H2,1-2H3,(H,21,23);1-15H;7-9,14,17H,4-6,10H2,1-3H3;7-9H,4-6,10H2,1-3H3;4-6H,1-3,11H2;1-6H3;1-2H3;;;/q;;+1;;;;;;;+1;-1. The number of methoxy groups -OCH3 is 1.